The van der Waals surface area contributed by atoms with Gasteiger partial charge in [-0.2, -0.15) is 0 Å². The van der Waals surface area contributed by atoms with E-state index in [4.69, 9.17) is 42.4 Å². The predicted molar refractivity (Wildman–Crippen MR) is 167 cm³/mol. The van der Waals surface area contributed by atoms with Gasteiger partial charge in [-0.1, -0.05) is 60.1 Å². The Balaban J connectivity index is 1.57. The summed E-state index contributed by atoms with van der Waals surface area (Å²) < 4.78 is 16.6. The SMILES string of the molecule is C=CC(=O)NC1CCOC[C@H]1Nc1cc2c(NCc3ccccc3)nc(-c3c(Cl)c(OC)cc(OC)c3Cl)cc2cn1. The van der Waals surface area contributed by atoms with Crippen molar-refractivity contribution in [2.24, 2.45) is 0 Å². The Hall–Kier alpha value is -4.05. The maximum absolute atomic E-state index is 12.0. The van der Waals surface area contributed by atoms with Crippen molar-refractivity contribution >= 4 is 51.5 Å². The number of aromatic nitrogens is 2. The van der Waals surface area contributed by atoms with Gasteiger partial charge in [0.15, 0.2) is 0 Å². The normalized spacial score (nSPS) is 16.5. The molecule has 1 amide bonds. The molecule has 1 saturated heterocycles. The molecule has 5 rings (SSSR count). The highest BCUT2D eigenvalue weighted by atomic mass is 35.5. The van der Waals surface area contributed by atoms with E-state index in [1.807, 2.05) is 42.5 Å². The third-order valence-corrected chi connectivity index (χ3v) is 7.80. The van der Waals surface area contributed by atoms with Crippen molar-refractivity contribution in [3.05, 3.63) is 83.0 Å². The van der Waals surface area contributed by atoms with E-state index < -0.39 is 0 Å². The van der Waals surface area contributed by atoms with Crippen molar-refractivity contribution in [3.8, 4) is 22.8 Å². The second kappa shape index (κ2) is 13.3. The average Bonchev–Trinajstić information content (AvgIpc) is 3.01. The standard InChI is InChI=1S/C31H31Cl2N5O4/c1-4-27(39)37-21-10-11-42-17-23(21)36-26-13-20-19(16-34-26)12-22(38-31(20)35-15-18-8-6-5-7-9-18)28-29(32)24(40-2)14-25(41-3)30(28)33/h4-9,12-14,16,21,23H,1,10-11,15,17H2,2-3H3,(H,34,36)(H,35,38)(H,37,39)/t21?,23-/m1/s1. The number of hydrogen-bond donors (Lipinski definition) is 3. The fourth-order valence-electron chi connectivity index (χ4n) is 4.86. The summed E-state index contributed by atoms with van der Waals surface area (Å²) in [4.78, 5) is 21.6. The maximum Gasteiger partial charge on any atom is 0.243 e. The molecule has 11 heteroatoms. The van der Waals surface area contributed by atoms with Gasteiger partial charge in [-0.3, -0.25) is 4.79 Å². The van der Waals surface area contributed by atoms with Crippen LogP contribution in [0.15, 0.2) is 67.4 Å². The zero-order valence-electron chi connectivity index (χ0n) is 23.2. The topological polar surface area (TPSA) is 107 Å². The molecule has 0 saturated carbocycles. The monoisotopic (exact) mass is 607 g/mol. The molecule has 0 spiro atoms. The number of methoxy groups -OCH3 is 2. The first-order valence-corrected chi connectivity index (χ1v) is 14.1. The lowest BCUT2D eigenvalue weighted by Gasteiger charge is -2.32. The number of nitrogens with one attached hydrogen (secondary N) is 3. The third kappa shape index (κ3) is 6.38. The van der Waals surface area contributed by atoms with Crippen LogP contribution in [0.4, 0.5) is 11.6 Å². The first kappa shape index (κ1) is 29.4. The Labute approximate surface area is 254 Å². The molecule has 1 unspecified atom stereocenters. The van der Waals surface area contributed by atoms with Gasteiger partial charge in [0, 0.05) is 41.8 Å². The molecule has 3 heterocycles. The number of anilines is 2. The smallest absolute Gasteiger partial charge is 0.243 e. The lowest BCUT2D eigenvalue weighted by Crippen LogP contribution is -2.52. The van der Waals surface area contributed by atoms with Gasteiger partial charge in [-0.15, -0.1) is 0 Å². The van der Waals surface area contributed by atoms with Gasteiger partial charge in [0.25, 0.3) is 0 Å². The summed E-state index contributed by atoms with van der Waals surface area (Å²) in [6.07, 6.45) is 3.70. The summed E-state index contributed by atoms with van der Waals surface area (Å²) in [6, 6.07) is 15.2. The number of benzene rings is 2. The summed E-state index contributed by atoms with van der Waals surface area (Å²) in [7, 11) is 3.06. The van der Waals surface area contributed by atoms with Crippen LogP contribution < -0.4 is 25.4 Å². The Morgan fingerprint density at radius 3 is 2.52 bits per heavy atom. The molecular formula is C31H31Cl2N5O4. The molecule has 1 aliphatic heterocycles. The highest BCUT2D eigenvalue weighted by molar-refractivity contribution is 6.41. The van der Waals surface area contributed by atoms with Gasteiger partial charge in [0.2, 0.25) is 5.91 Å². The van der Waals surface area contributed by atoms with Crippen molar-refractivity contribution in [3.63, 3.8) is 0 Å². The fourth-order valence-corrected chi connectivity index (χ4v) is 5.56. The van der Waals surface area contributed by atoms with Gasteiger partial charge in [0.1, 0.15) is 23.1 Å². The number of fused-ring (bicyclic) bond motifs is 1. The van der Waals surface area contributed by atoms with Crippen molar-refractivity contribution in [2.75, 3.05) is 38.1 Å². The molecule has 42 heavy (non-hydrogen) atoms. The molecule has 1 fully saturated rings. The first-order valence-electron chi connectivity index (χ1n) is 13.4. The molecule has 0 aliphatic carbocycles. The zero-order valence-corrected chi connectivity index (χ0v) is 24.8. The molecule has 2 aromatic heterocycles. The molecule has 0 radical (unpaired) electrons. The van der Waals surface area contributed by atoms with Crippen LogP contribution >= 0.6 is 23.2 Å². The van der Waals surface area contributed by atoms with Gasteiger partial charge < -0.3 is 30.2 Å². The second-order valence-corrected chi connectivity index (χ2v) is 10.5. The van der Waals surface area contributed by atoms with E-state index in [-0.39, 0.29) is 18.0 Å². The number of rotatable bonds is 10. The highest BCUT2D eigenvalue weighted by Gasteiger charge is 2.27. The minimum Gasteiger partial charge on any atom is -0.495 e. The molecule has 3 N–H and O–H groups in total. The Bertz CT molecular complexity index is 1570. The van der Waals surface area contributed by atoms with Crippen molar-refractivity contribution in [1.29, 1.82) is 0 Å². The Morgan fingerprint density at radius 1 is 1.10 bits per heavy atom. The number of hydrogen-bond acceptors (Lipinski definition) is 8. The minimum absolute atomic E-state index is 0.134. The summed E-state index contributed by atoms with van der Waals surface area (Å²) in [6.45, 7) is 5.08. The third-order valence-electron chi connectivity index (χ3n) is 7.05. The van der Waals surface area contributed by atoms with Gasteiger partial charge in [-0.25, -0.2) is 9.97 Å². The van der Waals surface area contributed by atoms with E-state index >= 15 is 0 Å². The molecule has 2 aromatic carbocycles. The largest absolute Gasteiger partial charge is 0.495 e. The Kier molecular flexibility index (Phi) is 9.31. The first-order chi connectivity index (χ1) is 20.4. The molecule has 0 bridgehead atoms. The van der Waals surface area contributed by atoms with Crippen LogP contribution in [0.25, 0.3) is 22.0 Å². The van der Waals surface area contributed by atoms with Crippen LogP contribution in [0.5, 0.6) is 11.5 Å². The lowest BCUT2D eigenvalue weighted by atomic mass is 10.0. The van der Waals surface area contributed by atoms with Crippen LogP contribution in [0.3, 0.4) is 0 Å². The number of nitrogens with zero attached hydrogens (tertiary/aromatic N) is 2. The summed E-state index contributed by atoms with van der Waals surface area (Å²) in [5, 5.41) is 12.2. The summed E-state index contributed by atoms with van der Waals surface area (Å²) >= 11 is 13.5. The quantitative estimate of drug-likeness (QED) is 0.186. The van der Waals surface area contributed by atoms with E-state index in [1.54, 1.807) is 12.3 Å². The fraction of sp³-hybridized carbons (Fsp3) is 0.258. The molecule has 218 valence electrons. The van der Waals surface area contributed by atoms with Gasteiger partial charge in [-0.05, 0) is 30.2 Å². The van der Waals surface area contributed by atoms with Crippen LogP contribution in [0, 0.1) is 0 Å². The summed E-state index contributed by atoms with van der Waals surface area (Å²) in [5.74, 6) is 1.84. The molecule has 1 aliphatic rings. The average molecular weight is 609 g/mol. The van der Waals surface area contributed by atoms with E-state index in [9.17, 15) is 4.79 Å². The van der Waals surface area contributed by atoms with Crippen LogP contribution in [-0.2, 0) is 16.1 Å². The molecule has 2 atom stereocenters. The van der Waals surface area contributed by atoms with Gasteiger partial charge in [0.05, 0.1) is 48.6 Å². The van der Waals surface area contributed by atoms with Crippen LogP contribution in [-0.4, -0.2) is 55.4 Å². The van der Waals surface area contributed by atoms with E-state index in [0.717, 1.165) is 16.3 Å². The zero-order chi connectivity index (χ0) is 29.6. The highest BCUT2D eigenvalue weighted by Crippen LogP contribution is 2.46. The minimum atomic E-state index is -0.226. The number of pyridine rings is 2. The lowest BCUT2D eigenvalue weighted by molar-refractivity contribution is -0.117. The van der Waals surface area contributed by atoms with Crippen LogP contribution in [0.1, 0.15) is 12.0 Å². The van der Waals surface area contributed by atoms with Crippen molar-refractivity contribution in [1.82, 2.24) is 15.3 Å². The molecule has 9 nitrogen and oxygen atoms in total. The number of carbonyl (C=O) groups is 1. The van der Waals surface area contributed by atoms with E-state index in [0.29, 0.717) is 70.6 Å². The molecular weight excluding hydrogens is 577 g/mol. The number of ether oxygens (including phenoxy) is 3. The second-order valence-electron chi connectivity index (χ2n) is 9.70. The number of halogens is 2. The van der Waals surface area contributed by atoms with E-state index in [1.165, 1.54) is 20.3 Å². The van der Waals surface area contributed by atoms with Crippen molar-refractivity contribution < 1.29 is 19.0 Å². The predicted octanol–water partition coefficient (Wildman–Crippen LogP) is 6.10. The molecule has 4 aromatic rings. The summed E-state index contributed by atoms with van der Waals surface area (Å²) in [5.41, 5.74) is 2.10. The number of carbonyl (C=O) groups excluding carboxylic acids is 1. The maximum atomic E-state index is 12.0. The van der Waals surface area contributed by atoms with E-state index in [2.05, 4.69) is 27.5 Å². The Morgan fingerprint density at radius 2 is 1.83 bits per heavy atom. The number of amides is 1. The van der Waals surface area contributed by atoms with Crippen molar-refractivity contribution in [2.45, 2.75) is 25.0 Å². The van der Waals surface area contributed by atoms with Crippen LogP contribution in [0.2, 0.25) is 10.0 Å². The van der Waals surface area contributed by atoms with Gasteiger partial charge >= 0.3 is 0 Å².